The molecule has 1 aromatic heterocycles. The van der Waals surface area contributed by atoms with Gasteiger partial charge in [0, 0.05) is 19.2 Å². The second kappa shape index (κ2) is 5.00. The molecule has 0 unspecified atom stereocenters. The number of carbonyl (C=O) groups is 1. The van der Waals surface area contributed by atoms with E-state index in [0.717, 1.165) is 0 Å². The maximum Gasteiger partial charge on any atom is 0.289 e. The van der Waals surface area contributed by atoms with Gasteiger partial charge in [-0.2, -0.15) is 0 Å². The number of fused-ring (bicyclic) bond motifs is 1. The summed E-state index contributed by atoms with van der Waals surface area (Å²) in [4.78, 5) is 26.1. The minimum absolute atomic E-state index is 0.0558. The summed E-state index contributed by atoms with van der Waals surface area (Å²) in [6.45, 7) is 2.69. The number of hydrogen-bond acceptors (Lipinski definition) is 4. The zero-order chi connectivity index (χ0) is 15.0. The fourth-order valence-electron chi connectivity index (χ4n) is 2.56. The van der Waals surface area contributed by atoms with Crippen LogP contribution < -0.4 is 5.43 Å². The number of amides is 1. The Hall–Kier alpha value is -2.14. The Morgan fingerprint density at radius 3 is 2.67 bits per heavy atom. The molecule has 110 valence electrons. The van der Waals surface area contributed by atoms with Gasteiger partial charge in [0.05, 0.1) is 11.0 Å². The summed E-state index contributed by atoms with van der Waals surface area (Å²) >= 11 is 0. The highest BCUT2D eigenvalue weighted by Gasteiger charge is 2.31. The van der Waals surface area contributed by atoms with Crippen molar-refractivity contribution in [2.45, 2.75) is 25.4 Å². The van der Waals surface area contributed by atoms with Crippen molar-refractivity contribution >= 4 is 16.9 Å². The second-order valence-electron chi connectivity index (χ2n) is 5.76. The molecule has 0 saturated carbocycles. The zero-order valence-electron chi connectivity index (χ0n) is 11.8. The number of hydrogen-bond donors (Lipinski definition) is 1. The van der Waals surface area contributed by atoms with Crippen LogP contribution in [-0.4, -0.2) is 34.6 Å². The molecule has 3 rings (SSSR count). The van der Waals surface area contributed by atoms with Crippen LogP contribution in [0.5, 0.6) is 0 Å². The van der Waals surface area contributed by atoms with Crippen molar-refractivity contribution < 1.29 is 14.3 Å². The second-order valence-corrected chi connectivity index (χ2v) is 5.76. The van der Waals surface area contributed by atoms with Crippen LogP contribution in [0.1, 0.15) is 30.3 Å². The Kier molecular flexibility index (Phi) is 3.29. The van der Waals surface area contributed by atoms with Crippen LogP contribution in [0.4, 0.5) is 0 Å². The molecule has 1 amide bonds. The van der Waals surface area contributed by atoms with E-state index >= 15 is 0 Å². The van der Waals surface area contributed by atoms with Gasteiger partial charge in [-0.3, -0.25) is 9.59 Å². The van der Waals surface area contributed by atoms with Crippen LogP contribution in [-0.2, 0) is 0 Å². The largest absolute Gasteiger partial charge is 0.451 e. The van der Waals surface area contributed by atoms with Crippen molar-refractivity contribution in [1.29, 1.82) is 0 Å². The fourth-order valence-corrected chi connectivity index (χ4v) is 2.56. The first kappa shape index (κ1) is 13.8. The molecule has 1 N–H and O–H groups in total. The third kappa shape index (κ3) is 2.69. The zero-order valence-corrected chi connectivity index (χ0v) is 11.8. The SMILES string of the molecule is CC1(O)CCN(C(=O)c2cc(=O)c3ccccc3o2)CC1. The predicted molar refractivity (Wildman–Crippen MR) is 78.2 cm³/mol. The van der Waals surface area contributed by atoms with Crippen LogP contribution >= 0.6 is 0 Å². The van der Waals surface area contributed by atoms with E-state index in [2.05, 4.69) is 0 Å². The van der Waals surface area contributed by atoms with Crippen molar-refractivity contribution in [3.63, 3.8) is 0 Å². The van der Waals surface area contributed by atoms with Gasteiger partial charge in [0.2, 0.25) is 0 Å². The summed E-state index contributed by atoms with van der Waals surface area (Å²) < 4.78 is 5.56. The van der Waals surface area contributed by atoms with Gasteiger partial charge in [0.15, 0.2) is 11.2 Å². The molecule has 1 aliphatic heterocycles. The molecule has 1 aliphatic rings. The number of piperidine rings is 1. The smallest absolute Gasteiger partial charge is 0.289 e. The minimum Gasteiger partial charge on any atom is -0.451 e. The number of benzene rings is 1. The van der Waals surface area contributed by atoms with Crippen molar-refractivity contribution in [1.82, 2.24) is 4.90 Å². The summed E-state index contributed by atoms with van der Waals surface area (Å²) in [5, 5.41) is 10.4. The Balaban J connectivity index is 1.90. The normalized spacial score (nSPS) is 17.9. The number of aliphatic hydroxyl groups is 1. The molecule has 21 heavy (non-hydrogen) atoms. The van der Waals surface area contributed by atoms with Gasteiger partial charge in [-0.05, 0) is 31.9 Å². The van der Waals surface area contributed by atoms with E-state index in [1.54, 1.807) is 36.1 Å². The molecule has 0 bridgehead atoms. The first-order valence-electron chi connectivity index (χ1n) is 7.01. The van der Waals surface area contributed by atoms with E-state index in [1.165, 1.54) is 6.07 Å². The minimum atomic E-state index is -0.721. The van der Waals surface area contributed by atoms with Gasteiger partial charge in [0.1, 0.15) is 5.58 Å². The maximum absolute atomic E-state index is 12.4. The summed E-state index contributed by atoms with van der Waals surface area (Å²) in [5.74, 6) is -0.242. The number of likely N-dealkylation sites (tertiary alicyclic amines) is 1. The van der Waals surface area contributed by atoms with Crippen molar-refractivity contribution in [2.75, 3.05) is 13.1 Å². The monoisotopic (exact) mass is 287 g/mol. The first-order chi connectivity index (χ1) is 9.96. The first-order valence-corrected chi connectivity index (χ1v) is 7.01. The van der Waals surface area contributed by atoms with Gasteiger partial charge in [-0.1, -0.05) is 12.1 Å². The van der Waals surface area contributed by atoms with Crippen LogP contribution in [0.2, 0.25) is 0 Å². The van der Waals surface area contributed by atoms with Crippen LogP contribution in [0.15, 0.2) is 39.5 Å². The van der Waals surface area contributed by atoms with Crippen molar-refractivity contribution in [2.24, 2.45) is 0 Å². The molecular formula is C16H17NO4. The number of carbonyl (C=O) groups excluding carboxylic acids is 1. The average molecular weight is 287 g/mol. The molecule has 1 fully saturated rings. The van der Waals surface area contributed by atoms with Crippen LogP contribution in [0.3, 0.4) is 0 Å². The maximum atomic E-state index is 12.4. The molecule has 2 heterocycles. The lowest BCUT2D eigenvalue weighted by molar-refractivity contribution is -0.00287. The van der Waals surface area contributed by atoms with Gasteiger partial charge in [-0.15, -0.1) is 0 Å². The number of rotatable bonds is 1. The third-order valence-corrected chi connectivity index (χ3v) is 3.97. The topological polar surface area (TPSA) is 70.8 Å². The van der Waals surface area contributed by atoms with Crippen LogP contribution in [0, 0.1) is 0 Å². The molecule has 5 nitrogen and oxygen atoms in total. The van der Waals surface area contributed by atoms with E-state index in [1.807, 2.05) is 0 Å². The van der Waals surface area contributed by atoms with E-state index in [4.69, 9.17) is 4.42 Å². The Labute approximate surface area is 121 Å². The summed E-state index contributed by atoms with van der Waals surface area (Å²) in [7, 11) is 0. The Morgan fingerprint density at radius 2 is 1.95 bits per heavy atom. The van der Waals surface area contributed by atoms with E-state index < -0.39 is 5.60 Å². The quantitative estimate of drug-likeness (QED) is 0.868. The lowest BCUT2D eigenvalue weighted by atomic mass is 9.94. The molecular weight excluding hydrogens is 270 g/mol. The average Bonchev–Trinajstić information content (AvgIpc) is 2.46. The molecule has 0 radical (unpaired) electrons. The molecule has 0 aliphatic carbocycles. The Bertz CT molecular complexity index is 737. The van der Waals surface area contributed by atoms with Gasteiger partial charge < -0.3 is 14.4 Å². The molecule has 0 atom stereocenters. The highest BCUT2D eigenvalue weighted by atomic mass is 16.3. The summed E-state index contributed by atoms with van der Waals surface area (Å²) in [6.07, 6.45) is 1.05. The lowest BCUT2D eigenvalue weighted by Crippen LogP contribution is -2.45. The highest BCUT2D eigenvalue weighted by molar-refractivity contribution is 5.93. The molecule has 1 saturated heterocycles. The molecule has 0 spiro atoms. The third-order valence-electron chi connectivity index (χ3n) is 3.97. The van der Waals surface area contributed by atoms with E-state index in [9.17, 15) is 14.7 Å². The molecule has 5 heteroatoms. The number of para-hydroxylation sites is 1. The van der Waals surface area contributed by atoms with Crippen molar-refractivity contribution in [3.8, 4) is 0 Å². The summed E-state index contributed by atoms with van der Waals surface area (Å²) in [5.41, 5.74) is -0.525. The van der Waals surface area contributed by atoms with Gasteiger partial charge in [-0.25, -0.2) is 0 Å². The van der Waals surface area contributed by atoms with Crippen LogP contribution in [0.25, 0.3) is 11.0 Å². The highest BCUT2D eigenvalue weighted by Crippen LogP contribution is 2.22. The van der Waals surface area contributed by atoms with Gasteiger partial charge >= 0.3 is 0 Å². The molecule has 2 aromatic rings. The molecule has 1 aromatic carbocycles. The predicted octanol–water partition coefficient (Wildman–Crippen LogP) is 1.78. The number of nitrogens with zero attached hydrogens (tertiary/aromatic N) is 1. The van der Waals surface area contributed by atoms with Crippen molar-refractivity contribution in [3.05, 3.63) is 46.3 Å². The fraction of sp³-hybridized carbons (Fsp3) is 0.375. The standard InChI is InChI=1S/C16H17NO4/c1-16(20)6-8-17(9-7-16)15(19)14-10-12(18)11-4-2-3-5-13(11)21-14/h2-5,10,20H,6-9H2,1H3. The van der Waals surface area contributed by atoms with Gasteiger partial charge in [0.25, 0.3) is 5.91 Å². The van der Waals surface area contributed by atoms with E-state index in [-0.39, 0.29) is 17.1 Å². The van der Waals surface area contributed by atoms with E-state index in [0.29, 0.717) is 36.9 Å². The lowest BCUT2D eigenvalue weighted by Gasteiger charge is -2.35. The Morgan fingerprint density at radius 1 is 1.29 bits per heavy atom. The summed E-state index contributed by atoms with van der Waals surface area (Å²) in [6, 6.07) is 8.12.